The van der Waals surface area contributed by atoms with Crippen LogP contribution in [0.25, 0.3) is 0 Å². The molecule has 1 aliphatic rings. The van der Waals surface area contributed by atoms with Crippen molar-refractivity contribution in [3.05, 3.63) is 22.7 Å². The minimum absolute atomic E-state index is 0. The molecule has 2 rings (SSSR count). The molecule has 0 aromatic heterocycles. The molecule has 0 bridgehead atoms. The number of methoxy groups -OCH3 is 1. The van der Waals surface area contributed by atoms with E-state index in [2.05, 4.69) is 5.32 Å². The minimum Gasteiger partial charge on any atom is -1.00 e. The van der Waals surface area contributed by atoms with Crippen LogP contribution in [0, 0.1) is 0 Å². The standard InChI is InChI=1S/C18H27ClN2O3.ClH/c1-23-16-10-13(9-15(19)18(16)24-12-17(20)22)11-21-14-7-5-3-2-4-6-8-14;/h9-10,14,21H,2-8,11-12H2,1H3,(H2,20,22);1H/p-1. The number of ether oxygens (including phenoxy) is 2. The van der Waals surface area contributed by atoms with Crippen molar-refractivity contribution in [3.63, 3.8) is 0 Å². The third-order valence-electron chi connectivity index (χ3n) is 4.35. The van der Waals surface area contributed by atoms with Crippen LogP contribution in [0.2, 0.25) is 5.02 Å². The number of nitrogens with two attached hydrogens (primary N) is 1. The van der Waals surface area contributed by atoms with Crippen LogP contribution < -0.4 is 32.9 Å². The fourth-order valence-corrected chi connectivity index (χ4v) is 3.37. The molecule has 3 N–H and O–H groups in total. The minimum atomic E-state index is -0.553. The van der Waals surface area contributed by atoms with E-state index in [4.69, 9.17) is 26.8 Å². The third-order valence-corrected chi connectivity index (χ3v) is 4.63. The first-order chi connectivity index (χ1) is 11.6. The Morgan fingerprint density at radius 3 is 2.48 bits per heavy atom. The summed E-state index contributed by atoms with van der Waals surface area (Å²) in [6, 6.07) is 4.29. The van der Waals surface area contributed by atoms with Crippen LogP contribution in [0.4, 0.5) is 0 Å². The second-order valence-corrected chi connectivity index (χ2v) is 6.69. The Kier molecular flexibility index (Phi) is 10.0. The van der Waals surface area contributed by atoms with Gasteiger partial charge >= 0.3 is 0 Å². The van der Waals surface area contributed by atoms with Crippen LogP contribution in [0.15, 0.2) is 12.1 Å². The lowest BCUT2D eigenvalue weighted by atomic mass is 9.96. The van der Waals surface area contributed by atoms with Gasteiger partial charge in [0.25, 0.3) is 5.91 Å². The molecule has 0 radical (unpaired) electrons. The average Bonchev–Trinajstić information content (AvgIpc) is 2.52. The molecule has 0 atom stereocenters. The van der Waals surface area contributed by atoms with Crippen molar-refractivity contribution in [1.29, 1.82) is 0 Å². The van der Waals surface area contributed by atoms with E-state index < -0.39 is 5.91 Å². The lowest BCUT2D eigenvalue weighted by molar-refractivity contribution is -0.119. The van der Waals surface area contributed by atoms with Gasteiger partial charge in [-0.25, -0.2) is 0 Å². The Labute approximate surface area is 161 Å². The molecule has 1 fully saturated rings. The van der Waals surface area contributed by atoms with Crippen molar-refractivity contribution in [1.82, 2.24) is 5.32 Å². The number of primary amides is 1. The summed E-state index contributed by atoms with van der Waals surface area (Å²) in [5.41, 5.74) is 6.14. The van der Waals surface area contributed by atoms with Crippen LogP contribution in [0.1, 0.15) is 50.5 Å². The second-order valence-electron chi connectivity index (χ2n) is 6.29. The van der Waals surface area contributed by atoms with E-state index in [-0.39, 0.29) is 19.0 Å². The maximum absolute atomic E-state index is 10.9. The van der Waals surface area contributed by atoms with E-state index in [0.717, 1.165) is 12.1 Å². The SMILES string of the molecule is COc1cc(CNC2CCCCCCC2)cc(Cl)c1OCC(N)=O.[Cl-]. The summed E-state index contributed by atoms with van der Waals surface area (Å²) in [5, 5.41) is 4.05. The van der Waals surface area contributed by atoms with Gasteiger partial charge in [-0.05, 0) is 30.5 Å². The quantitative estimate of drug-likeness (QED) is 0.708. The molecule has 25 heavy (non-hydrogen) atoms. The van der Waals surface area contributed by atoms with Crippen LogP contribution in [-0.2, 0) is 11.3 Å². The molecule has 7 heteroatoms. The number of amides is 1. The van der Waals surface area contributed by atoms with Gasteiger partial charge in [-0.1, -0.05) is 43.7 Å². The van der Waals surface area contributed by atoms with Crippen LogP contribution in [0.3, 0.4) is 0 Å². The predicted molar refractivity (Wildman–Crippen MR) is 95.6 cm³/mol. The number of benzene rings is 1. The summed E-state index contributed by atoms with van der Waals surface area (Å²) in [5.74, 6) is 0.314. The summed E-state index contributed by atoms with van der Waals surface area (Å²) in [4.78, 5) is 10.9. The van der Waals surface area contributed by atoms with Crippen LogP contribution in [0.5, 0.6) is 11.5 Å². The van der Waals surface area contributed by atoms with E-state index in [9.17, 15) is 4.79 Å². The Bertz CT molecular complexity index is 547. The van der Waals surface area contributed by atoms with Crippen molar-refractivity contribution in [2.45, 2.75) is 57.5 Å². The molecule has 142 valence electrons. The fraction of sp³-hybridized carbons (Fsp3) is 0.611. The van der Waals surface area contributed by atoms with Crippen LogP contribution >= 0.6 is 11.6 Å². The van der Waals surface area contributed by atoms with E-state index in [1.165, 1.54) is 44.9 Å². The van der Waals surface area contributed by atoms with Crippen LogP contribution in [-0.4, -0.2) is 25.7 Å². The Morgan fingerprint density at radius 1 is 1.24 bits per heavy atom. The molecule has 1 amide bonds. The lowest BCUT2D eigenvalue weighted by Gasteiger charge is -2.21. The zero-order valence-electron chi connectivity index (χ0n) is 14.7. The smallest absolute Gasteiger partial charge is 0.255 e. The van der Waals surface area contributed by atoms with Crippen molar-refractivity contribution >= 4 is 17.5 Å². The summed E-state index contributed by atoms with van der Waals surface area (Å²) in [7, 11) is 1.55. The zero-order chi connectivity index (χ0) is 17.4. The first kappa shape index (κ1) is 21.9. The molecule has 1 aromatic carbocycles. The van der Waals surface area contributed by atoms with Crippen molar-refractivity contribution in [2.24, 2.45) is 5.73 Å². The number of hydrogen-bond donors (Lipinski definition) is 2. The van der Waals surface area contributed by atoms with Crippen molar-refractivity contribution < 1.29 is 26.7 Å². The molecule has 1 aromatic rings. The zero-order valence-corrected chi connectivity index (χ0v) is 16.2. The number of hydrogen-bond acceptors (Lipinski definition) is 4. The Morgan fingerprint density at radius 2 is 1.88 bits per heavy atom. The van der Waals surface area contributed by atoms with E-state index in [1.54, 1.807) is 7.11 Å². The van der Waals surface area contributed by atoms with Gasteiger partial charge in [-0.2, -0.15) is 0 Å². The molecule has 0 heterocycles. The van der Waals surface area contributed by atoms with Gasteiger partial charge in [0.2, 0.25) is 0 Å². The lowest BCUT2D eigenvalue weighted by Crippen LogP contribution is -3.00. The van der Waals surface area contributed by atoms with Gasteiger partial charge < -0.3 is 32.9 Å². The second kappa shape index (κ2) is 11.4. The molecular formula is C18H27Cl2N2O3-. The topological polar surface area (TPSA) is 73.6 Å². The number of rotatable bonds is 7. The highest BCUT2D eigenvalue weighted by atomic mass is 35.5. The molecule has 0 spiro atoms. The first-order valence-corrected chi connectivity index (χ1v) is 8.99. The normalized spacial score (nSPS) is 15.6. The van der Waals surface area contributed by atoms with Crippen molar-refractivity contribution in [3.8, 4) is 11.5 Å². The van der Waals surface area contributed by atoms with E-state index in [0.29, 0.717) is 22.6 Å². The molecule has 0 aliphatic heterocycles. The van der Waals surface area contributed by atoms with E-state index >= 15 is 0 Å². The Balaban J connectivity index is 0.00000312. The summed E-state index contributed by atoms with van der Waals surface area (Å²) >= 11 is 6.28. The van der Waals surface area contributed by atoms with Crippen molar-refractivity contribution in [2.75, 3.05) is 13.7 Å². The molecule has 0 unspecified atom stereocenters. The summed E-state index contributed by atoms with van der Waals surface area (Å²) in [6.07, 6.45) is 9.08. The highest BCUT2D eigenvalue weighted by Crippen LogP contribution is 2.36. The van der Waals surface area contributed by atoms with Gasteiger partial charge in [-0.3, -0.25) is 4.79 Å². The maximum atomic E-state index is 10.9. The molecular weight excluding hydrogens is 363 g/mol. The molecule has 5 nitrogen and oxygen atoms in total. The molecule has 1 saturated carbocycles. The van der Waals surface area contributed by atoms with Gasteiger partial charge in [-0.15, -0.1) is 0 Å². The highest BCUT2D eigenvalue weighted by molar-refractivity contribution is 6.32. The summed E-state index contributed by atoms with van der Waals surface area (Å²) in [6.45, 7) is 0.507. The first-order valence-electron chi connectivity index (χ1n) is 8.61. The van der Waals surface area contributed by atoms with Gasteiger partial charge in [0.15, 0.2) is 18.1 Å². The van der Waals surface area contributed by atoms with Gasteiger partial charge in [0, 0.05) is 12.6 Å². The Hall–Kier alpha value is -1.17. The average molecular weight is 390 g/mol. The van der Waals surface area contributed by atoms with E-state index in [1.807, 2.05) is 12.1 Å². The maximum Gasteiger partial charge on any atom is 0.255 e. The number of nitrogens with one attached hydrogen (secondary N) is 1. The van der Waals surface area contributed by atoms with Gasteiger partial charge in [0.05, 0.1) is 12.1 Å². The largest absolute Gasteiger partial charge is 1.00 e. The molecule has 1 aliphatic carbocycles. The number of carbonyl (C=O) groups is 1. The monoisotopic (exact) mass is 389 g/mol. The summed E-state index contributed by atoms with van der Waals surface area (Å²) < 4.78 is 10.7. The van der Waals surface area contributed by atoms with Gasteiger partial charge in [0.1, 0.15) is 0 Å². The number of halogens is 2. The predicted octanol–water partition coefficient (Wildman–Crippen LogP) is 0.419. The molecule has 0 saturated heterocycles. The third kappa shape index (κ3) is 7.30. The highest BCUT2D eigenvalue weighted by Gasteiger charge is 2.15. The fourth-order valence-electron chi connectivity index (χ4n) is 3.08. The number of carbonyl (C=O) groups excluding carboxylic acids is 1.